The molecule has 26 heavy (non-hydrogen) atoms. The van der Waals surface area contributed by atoms with E-state index in [2.05, 4.69) is 39.5 Å². The van der Waals surface area contributed by atoms with Crippen molar-refractivity contribution in [3.8, 4) is 0 Å². The van der Waals surface area contributed by atoms with Gasteiger partial charge in [-0.25, -0.2) is 10.5 Å². The fraction of sp³-hybridized carbons (Fsp3) is 0.222. The summed E-state index contributed by atoms with van der Waals surface area (Å²) in [6.45, 7) is 1.97. The number of hydrogen-bond donors (Lipinski definition) is 3. The zero-order chi connectivity index (χ0) is 16.8. The van der Waals surface area contributed by atoms with E-state index in [-0.39, 0.29) is 24.8 Å². The van der Waals surface area contributed by atoms with Gasteiger partial charge in [0.15, 0.2) is 0 Å². The van der Waals surface area contributed by atoms with Crippen molar-refractivity contribution in [3.05, 3.63) is 60.3 Å². The van der Waals surface area contributed by atoms with Gasteiger partial charge in [0, 0.05) is 37.1 Å². The number of carbonyl (C=O) groups excluding carboxylic acids is 1. The van der Waals surface area contributed by atoms with Crippen molar-refractivity contribution in [2.75, 3.05) is 23.3 Å². The van der Waals surface area contributed by atoms with E-state index in [0.29, 0.717) is 6.04 Å². The molecule has 3 N–H and O–H groups in total. The van der Waals surface area contributed by atoms with Crippen LogP contribution in [0.25, 0.3) is 6.08 Å². The van der Waals surface area contributed by atoms with E-state index in [4.69, 9.17) is 5.21 Å². The van der Waals surface area contributed by atoms with E-state index in [1.807, 2.05) is 18.2 Å². The molecule has 0 spiro atoms. The second-order valence-corrected chi connectivity index (χ2v) is 5.70. The molecule has 1 saturated heterocycles. The first-order chi connectivity index (χ1) is 11.7. The van der Waals surface area contributed by atoms with Gasteiger partial charge in [0.1, 0.15) is 5.82 Å². The van der Waals surface area contributed by atoms with Crippen molar-refractivity contribution in [2.45, 2.75) is 12.5 Å². The van der Waals surface area contributed by atoms with Crippen LogP contribution >= 0.6 is 24.8 Å². The van der Waals surface area contributed by atoms with Gasteiger partial charge >= 0.3 is 0 Å². The second kappa shape index (κ2) is 10.7. The molecule has 1 aromatic heterocycles. The van der Waals surface area contributed by atoms with Crippen LogP contribution in [0.2, 0.25) is 0 Å². The van der Waals surface area contributed by atoms with Crippen LogP contribution in [0.5, 0.6) is 0 Å². The zero-order valence-corrected chi connectivity index (χ0v) is 15.7. The number of nitrogens with zero attached hydrogens (tertiary/aromatic N) is 2. The minimum atomic E-state index is -0.566. The number of pyridine rings is 1. The summed E-state index contributed by atoms with van der Waals surface area (Å²) in [7, 11) is 0. The van der Waals surface area contributed by atoms with Gasteiger partial charge in [0.25, 0.3) is 5.91 Å². The Labute approximate surface area is 165 Å². The topological polar surface area (TPSA) is 77.5 Å². The van der Waals surface area contributed by atoms with Gasteiger partial charge in [-0.05, 0) is 42.3 Å². The Bertz CT molecular complexity index is 711. The standard InChI is InChI=1S/C18H20N4O2.2ClH/c23-18(21-24)9-7-14-6-8-17(19-12-14)20-15-10-11-22(13-15)16-4-2-1-3-5-16;;/h1-9,12,15,24H,10-11,13H2,(H,19,20)(H,21,23);2*1H/b9-7+;;/t15-;;/m1../s1. The average Bonchev–Trinajstić information content (AvgIpc) is 3.10. The Morgan fingerprint density at radius 2 is 1.96 bits per heavy atom. The summed E-state index contributed by atoms with van der Waals surface area (Å²) in [5, 5.41) is 11.9. The highest BCUT2D eigenvalue weighted by Gasteiger charge is 2.22. The van der Waals surface area contributed by atoms with Gasteiger partial charge in [0.2, 0.25) is 0 Å². The van der Waals surface area contributed by atoms with Gasteiger partial charge in [-0.3, -0.25) is 10.0 Å². The van der Waals surface area contributed by atoms with Crippen LogP contribution in [0.1, 0.15) is 12.0 Å². The molecular weight excluding hydrogens is 375 g/mol. The molecule has 0 aliphatic carbocycles. The third-order valence-electron chi connectivity index (χ3n) is 3.99. The number of hydroxylamine groups is 1. The van der Waals surface area contributed by atoms with Crippen molar-refractivity contribution in [2.24, 2.45) is 0 Å². The summed E-state index contributed by atoms with van der Waals surface area (Å²) >= 11 is 0. The van der Waals surface area contributed by atoms with Crippen LogP contribution in [0, 0.1) is 0 Å². The molecular formula is C18H22Cl2N4O2. The lowest BCUT2D eigenvalue weighted by atomic mass is 10.2. The minimum Gasteiger partial charge on any atom is -0.369 e. The fourth-order valence-electron chi connectivity index (χ4n) is 2.76. The molecule has 0 radical (unpaired) electrons. The number of benzene rings is 1. The predicted octanol–water partition coefficient (Wildman–Crippen LogP) is 3.13. The van der Waals surface area contributed by atoms with Crippen LogP contribution in [-0.4, -0.2) is 35.2 Å². The maximum Gasteiger partial charge on any atom is 0.267 e. The van der Waals surface area contributed by atoms with Crippen molar-refractivity contribution >= 4 is 48.3 Å². The predicted molar refractivity (Wildman–Crippen MR) is 108 cm³/mol. The lowest BCUT2D eigenvalue weighted by Crippen LogP contribution is -2.26. The van der Waals surface area contributed by atoms with E-state index in [0.717, 1.165) is 30.9 Å². The lowest BCUT2D eigenvalue weighted by molar-refractivity contribution is -0.124. The first kappa shape index (κ1) is 21.8. The number of para-hydroxylation sites is 1. The number of aromatic nitrogens is 1. The molecule has 140 valence electrons. The summed E-state index contributed by atoms with van der Waals surface area (Å²) in [5.41, 5.74) is 3.59. The molecule has 0 bridgehead atoms. The van der Waals surface area contributed by atoms with Crippen LogP contribution in [0.3, 0.4) is 0 Å². The van der Waals surface area contributed by atoms with Crippen molar-refractivity contribution in [1.29, 1.82) is 0 Å². The largest absolute Gasteiger partial charge is 0.369 e. The maximum absolute atomic E-state index is 10.9. The third kappa shape index (κ3) is 5.91. The van der Waals surface area contributed by atoms with Gasteiger partial charge < -0.3 is 10.2 Å². The summed E-state index contributed by atoms with van der Waals surface area (Å²) in [6.07, 6.45) is 5.59. The van der Waals surface area contributed by atoms with Gasteiger partial charge in [-0.15, -0.1) is 24.8 Å². The number of rotatable bonds is 5. The van der Waals surface area contributed by atoms with Gasteiger partial charge in [-0.2, -0.15) is 0 Å². The summed E-state index contributed by atoms with van der Waals surface area (Å²) in [5.74, 6) is 0.253. The monoisotopic (exact) mass is 396 g/mol. The molecule has 1 aliphatic rings. The van der Waals surface area contributed by atoms with E-state index in [1.54, 1.807) is 17.8 Å². The van der Waals surface area contributed by atoms with E-state index < -0.39 is 5.91 Å². The quantitative estimate of drug-likeness (QED) is 0.411. The van der Waals surface area contributed by atoms with Crippen molar-refractivity contribution in [1.82, 2.24) is 10.5 Å². The van der Waals surface area contributed by atoms with E-state index >= 15 is 0 Å². The smallest absolute Gasteiger partial charge is 0.267 e. The van der Waals surface area contributed by atoms with Crippen LogP contribution < -0.4 is 15.7 Å². The molecule has 3 rings (SSSR count). The normalized spacial score (nSPS) is 15.9. The van der Waals surface area contributed by atoms with Crippen molar-refractivity contribution in [3.63, 3.8) is 0 Å². The highest BCUT2D eigenvalue weighted by molar-refractivity contribution is 5.90. The molecule has 0 saturated carbocycles. The molecule has 1 atom stereocenters. The number of hydrogen-bond acceptors (Lipinski definition) is 5. The van der Waals surface area contributed by atoms with Gasteiger partial charge in [-0.1, -0.05) is 18.2 Å². The molecule has 6 nitrogen and oxygen atoms in total. The Hall–Kier alpha value is -2.28. The zero-order valence-electron chi connectivity index (χ0n) is 14.0. The molecule has 2 heterocycles. The third-order valence-corrected chi connectivity index (χ3v) is 3.99. The summed E-state index contributed by atoms with van der Waals surface area (Å²) < 4.78 is 0. The van der Waals surface area contributed by atoms with E-state index in [9.17, 15) is 4.79 Å². The molecule has 1 aromatic carbocycles. The molecule has 2 aromatic rings. The molecule has 1 amide bonds. The van der Waals surface area contributed by atoms with Crippen LogP contribution in [0.15, 0.2) is 54.7 Å². The Morgan fingerprint density at radius 3 is 2.62 bits per heavy atom. The molecule has 1 fully saturated rings. The van der Waals surface area contributed by atoms with Crippen molar-refractivity contribution < 1.29 is 10.0 Å². The van der Waals surface area contributed by atoms with Crippen LogP contribution in [0.4, 0.5) is 11.5 Å². The Morgan fingerprint density at radius 1 is 1.19 bits per heavy atom. The Balaban J connectivity index is 0.00000169. The highest BCUT2D eigenvalue weighted by Crippen LogP contribution is 2.21. The van der Waals surface area contributed by atoms with Gasteiger partial charge in [0.05, 0.1) is 0 Å². The second-order valence-electron chi connectivity index (χ2n) is 5.70. The minimum absolute atomic E-state index is 0. The number of amides is 1. The fourth-order valence-corrected chi connectivity index (χ4v) is 2.76. The lowest BCUT2D eigenvalue weighted by Gasteiger charge is -2.19. The van der Waals surface area contributed by atoms with E-state index in [1.165, 1.54) is 11.8 Å². The maximum atomic E-state index is 10.9. The number of halogens is 2. The van der Waals surface area contributed by atoms with Crippen LogP contribution in [-0.2, 0) is 4.79 Å². The molecule has 8 heteroatoms. The molecule has 1 aliphatic heterocycles. The summed E-state index contributed by atoms with van der Waals surface area (Å²) in [4.78, 5) is 17.7. The molecule has 0 unspecified atom stereocenters. The first-order valence-corrected chi connectivity index (χ1v) is 7.89. The number of carbonyl (C=O) groups is 1. The Kier molecular flexibility index (Phi) is 8.92. The highest BCUT2D eigenvalue weighted by atomic mass is 35.5. The number of nitrogens with one attached hydrogen (secondary N) is 2. The summed E-state index contributed by atoms with van der Waals surface area (Å²) in [6, 6.07) is 14.5. The average molecular weight is 397 g/mol. The number of anilines is 2. The first-order valence-electron chi connectivity index (χ1n) is 7.89. The SMILES string of the molecule is Cl.Cl.O=C(/C=C/c1ccc(N[C@@H]2CCN(c3ccccc3)C2)nc1)NO.